The molecule has 0 bridgehead atoms. The molecule has 1 atom stereocenters. The Morgan fingerprint density at radius 3 is 2.70 bits per heavy atom. The van der Waals surface area contributed by atoms with Crippen LogP contribution in [0.4, 0.5) is 13.2 Å². The Labute approximate surface area is 112 Å². The highest BCUT2D eigenvalue weighted by Crippen LogP contribution is 2.47. The number of ketones is 1. The van der Waals surface area contributed by atoms with Gasteiger partial charge in [0.15, 0.2) is 5.78 Å². The second kappa shape index (κ2) is 3.87. The van der Waals surface area contributed by atoms with Gasteiger partial charge in [0.05, 0.1) is 6.54 Å². The molecular weight excluding hydrogens is 299 g/mol. The maximum absolute atomic E-state index is 12.3. The predicted octanol–water partition coefficient (Wildman–Crippen LogP) is 1.42. The molecule has 0 aromatic heterocycles. The molecule has 20 heavy (non-hydrogen) atoms. The number of rotatable bonds is 2. The average molecular weight is 307 g/mol. The molecule has 9 heteroatoms. The molecule has 1 aliphatic carbocycles. The van der Waals surface area contributed by atoms with Crippen LogP contribution >= 0.6 is 0 Å². The van der Waals surface area contributed by atoms with Crippen molar-refractivity contribution < 1.29 is 30.6 Å². The first-order chi connectivity index (χ1) is 9.21. The van der Waals surface area contributed by atoms with Crippen LogP contribution < -0.4 is 0 Å². The molecule has 2 heterocycles. The lowest BCUT2D eigenvalue weighted by atomic mass is 10.1. The number of fused-ring (bicyclic) bond motifs is 2. The number of alkyl halides is 3. The first kappa shape index (κ1) is 13.2. The van der Waals surface area contributed by atoms with Gasteiger partial charge in [-0.15, -0.1) is 0 Å². The zero-order chi connectivity index (χ0) is 14.7. The van der Waals surface area contributed by atoms with Gasteiger partial charge in [0.25, 0.3) is 0 Å². The molecular formula is C11H8F3NO4S. The topological polar surface area (TPSA) is 63.7 Å². The minimum Gasteiger partial charge on any atom is -0.357 e. The third kappa shape index (κ3) is 1.92. The number of Topliss-reactive ketones (excluding diaryl/α,β-unsaturated/α-hetero) is 1. The van der Waals surface area contributed by atoms with E-state index in [0.29, 0.717) is 12.1 Å². The number of allylic oxidation sites excluding steroid dienone is 4. The lowest BCUT2D eigenvalue weighted by molar-refractivity contribution is -0.121. The van der Waals surface area contributed by atoms with Gasteiger partial charge in [0.1, 0.15) is 0 Å². The molecule has 0 saturated heterocycles. The highest BCUT2D eigenvalue weighted by molar-refractivity contribution is 7.87. The van der Waals surface area contributed by atoms with Gasteiger partial charge in [-0.3, -0.25) is 4.79 Å². The molecule has 0 aromatic rings. The van der Waals surface area contributed by atoms with Crippen molar-refractivity contribution in [2.24, 2.45) is 5.92 Å². The van der Waals surface area contributed by atoms with Gasteiger partial charge in [-0.1, -0.05) is 6.08 Å². The minimum absolute atomic E-state index is 0.155. The summed E-state index contributed by atoms with van der Waals surface area (Å²) < 4.78 is 63.1. The third-order valence-corrected chi connectivity index (χ3v) is 4.20. The first-order valence-electron chi connectivity index (χ1n) is 5.63. The Hall–Kier alpha value is -1.77. The summed E-state index contributed by atoms with van der Waals surface area (Å²) in [5.74, 6) is -0.839. The fourth-order valence-electron chi connectivity index (χ4n) is 2.21. The summed E-state index contributed by atoms with van der Waals surface area (Å²) in [6, 6.07) is 0. The quantitative estimate of drug-likeness (QED) is 0.570. The van der Waals surface area contributed by atoms with Crippen LogP contribution in [0, 0.1) is 5.92 Å². The normalized spacial score (nSPS) is 25.1. The van der Waals surface area contributed by atoms with Gasteiger partial charge < -0.3 is 9.08 Å². The van der Waals surface area contributed by atoms with Crippen molar-refractivity contribution in [3.8, 4) is 0 Å². The Kier molecular flexibility index (Phi) is 2.56. The van der Waals surface area contributed by atoms with E-state index < -0.39 is 21.5 Å². The fourth-order valence-corrected chi connectivity index (χ4v) is 2.68. The summed E-state index contributed by atoms with van der Waals surface area (Å²) >= 11 is 0. The van der Waals surface area contributed by atoms with Gasteiger partial charge in [-0.25, -0.2) is 0 Å². The Bertz CT molecular complexity index is 687. The van der Waals surface area contributed by atoms with Crippen LogP contribution in [0.15, 0.2) is 35.4 Å². The summed E-state index contributed by atoms with van der Waals surface area (Å²) in [5, 5.41) is 0. The van der Waals surface area contributed by atoms with Crippen molar-refractivity contribution in [1.29, 1.82) is 0 Å². The number of carbonyl (C=O) groups excluding carboxylic acids is 1. The molecule has 0 aromatic carbocycles. The highest BCUT2D eigenvalue weighted by Gasteiger charge is 2.51. The fraction of sp³-hybridized carbons (Fsp3) is 0.364. The van der Waals surface area contributed by atoms with E-state index in [9.17, 15) is 26.4 Å². The van der Waals surface area contributed by atoms with Crippen molar-refractivity contribution in [3.63, 3.8) is 0 Å². The van der Waals surface area contributed by atoms with Crippen LogP contribution in [0.25, 0.3) is 0 Å². The molecule has 0 spiro atoms. The molecule has 0 N–H and O–H groups in total. The SMILES string of the molecule is O=C1CN2C(OS(=O)(=O)C(F)(F)F)=CC=CC2=C2CC12. The predicted molar refractivity (Wildman–Crippen MR) is 60.1 cm³/mol. The van der Waals surface area contributed by atoms with E-state index in [2.05, 4.69) is 4.18 Å². The summed E-state index contributed by atoms with van der Waals surface area (Å²) in [6.45, 7) is -0.187. The maximum Gasteiger partial charge on any atom is 0.534 e. The summed E-state index contributed by atoms with van der Waals surface area (Å²) in [4.78, 5) is 12.8. The van der Waals surface area contributed by atoms with Crippen molar-refractivity contribution in [3.05, 3.63) is 35.4 Å². The monoisotopic (exact) mass is 307 g/mol. The molecule has 108 valence electrons. The number of hydrogen-bond acceptors (Lipinski definition) is 5. The largest absolute Gasteiger partial charge is 0.534 e. The van der Waals surface area contributed by atoms with Crippen LogP contribution in [-0.4, -0.2) is 31.2 Å². The Morgan fingerprint density at radius 2 is 2.05 bits per heavy atom. The first-order valence-corrected chi connectivity index (χ1v) is 7.04. The molecule has 1 fully saturated rings. The third-order valence-electron chi connectivity index (χ3n) is 3.24. The lowest BCUT2D eigenvalue weighted by Gasteiger charge is -2.30. The molecule has 3 aliphatic rings. The van der Waals surface area contributed by atoms with Crippen LogP contribution in [0.2, 0.25) is 0 Å². The van der Waals surface area contributed by atoms with Gasteiger partial charge >= 0.3 is 15.6 Å². The van der Waals surface area contributed by atoms with Crippen molar-refractivity contribution in [2.45, 2.75) is 11.9 Å². The van der Waals surface area contributed by atoms with E-state index in [4.69, 9.17) is 0 Å². The Balaban J connectivity index is 1.92. The van der Waals surface area contributed by atoms with Crippen molar-refractivity contribution >= 4 is 15.9 Å². The zero-order valence-electron chi connectivity index (χ0n) is 9.85. The molecule has 5 nitrogen and oxygen atoms in total. The standard InChI is InChI=1S/C11H8F3NO4S/c12-11(13,14)20(17,18)19-10-3-1-2-8-6-4-7(6)9(16)5-15(8)10/h1-3,7H,4-5H2. The van der Waals surface area contributed by atoms with Crippen LogP contribution in [0.1, 0.15) is 6.42 Å². The van der Waals surface area contributed by atoms with E-state index >= 15 is 0 Å². The van der Waals surface area contributed by atoms with Gasteiger partial charge in [0.2, 0.25) is 5.88 Å². The number of hydrogen-bond donors (Lipinski definition) is 0. The Morgan fingerprint density at radius 1 is 1.35 bits per heavy atom. The van der Waals surface area contributed by atoms with Crippen LogP contribution in [0.3, 0.4) is 0 Å². The molecule has 0 amide bonds. The summed E-state index contributed by atoms with van der Waals surface area (Å²) in [5.41, 5.74) is -4.16. The second-order valence-corrected chi connectivity index (χ2v) is 6.10. The summed E-state index contributed by atoms with van der Waals surface area (Å²) in [6.07, 6.45) is 4.66. The number of nitrogens with zero attached hydrogens (tertiary/aromatic N) is 1. The maximum atomic E-state index is 12.3. The minimum atomic E-state index is -5.75. The van der Waals surface area contributed by atoms with E-state index in [-0.39, 0.29) is 18.2 Å². The molecule has 1 unspecified atom stereocenters. The van der Waals surface area contributed by atoms with Gasteiger partial charge in [-0.2, -0.15) is 21.6 Å². The summed E-state index contributed by atoms with van der Waals surface area (Å²) in [7, 11) is -5.75. The van der Waals surface area contributed by atoms with Crippen molar-refractivity contribution in [2.75, 3.05) is 6.54 Å². The van der Waals surface area contributed by atoms with Gasteiger partial charge in [-0.05, 0) is 24.1 Å². The molecule has 3 rings (SSSR count). The smallest absolute Gasteiger partial charge is 0.357 e. The average Bonchev–Trinajstić information content (AvgIpc) is 3.09. The van der Waals surface area contributed by atoms with E-state index in [0.717, 1.165) is 16.5 Å². The van der Waals surface area contributed by atoms with Crippen LogP contribution in [0.5, 0.6) is 0 Å². The molecule has 2 aliphatic heterocycles. The number of carbonyl (C=O) groups is 1. The molecule has 1 saturated carbocycles. The lowest BCUT2D eigenvalue weighted by Crippen LogP contribution is -2.36. The highest BCUT2D eigenvalue weighted by atomic mass is 32.2. The van der Waals surface area contributed by atoms with E-state index in [1.165, 1.54) is 6.08 Å². The van der Waals surface area contributed by atoms with E-state index in [1.807, 2.05) is 0 Å². The van der Waals surface area contributed by atoms with Crippen LogP contribution in [-0.2, 0) is 19.1 Å². The van der Waals surface area contributed by atoms with Crippen molar-refractivity contribution in [1.82, 2.24) is 4.90 Å². The zero-order valence-corrected chi connectivity index (χ0v) is 10.7. The second-order valence-electron chi connectivity index (χ2n) is 4.57. The number of halogens is 3. The van der Waals surface area contributed by atoms with Gasteiger partial charge in [0, 0.05) is 11.6 Å². The molecule has 0 radical (unpaired) electrons. The van der Waals surface area contributed by atoms with E-state index in [1.54, 1.807) is 6.08 Å².